The molecule has 1 atom stereocenters. The van der Waals surface area contributed by atoms with E-state index in [1.54, 1.807) is 30.3 Å². The third kappa shape index (κ3) is 3.63. The van der Waals surface area contributed by atoms with E-state index in [2.05, 4.69) is 0 Å². The number of aryl methyl sites for hydroxylation is 5. The smallest absolute Gasteiger partial charge is 0.248 e. The minimum absolute atomic E-state index is 0.275. The SMILES string of the molecule is Cc1cc(C)c(C(=O)P(=O)(C(=O)c2c(C)cccc2C)c2ccccc2)c(C)c1. The average molecular weight is 404 g/mol. The molecule has 0 spiro atoms. The van der Waals surface area contributed by atoms with Crippen molar-refractivity contribution in [1.82, 2.24) is 0 Å². The summed E-state index contributed by atoms with van der Waals surface area (Å²) < 4.78 is 14.4. The zero-order chi connectivity index (χ0) is 21.3. The van der Waals surface area contributed by atoms with E-state index in [4.69, 9.17) is 0 Å². The van der Waals surface area contributed by atoms with Crippen LogP contribution in [0.15, 0.2) is 60.7 Å². The monoisotopic (exact) mass is 404 g/mol. The highest BCUT2D eigenvalue weighted by Gasteiger charge is 2.44. The Bertz CT molecular complexity index is 1120. The predicted octanol–water partition coefficient (Wildman–Crippen LogP) is 5.90. The van der Waals surface area contributed by atoms with Gasteiger partial charge in [-0.3, -0.25) is 9.59 Å². The molecule has 0 saturated heterocycles. The van der Waals surface area contributed by atoms with Crippen LogP contribution in [0.25, 0.3) is 0 Å². The lowest BCUT2D eigenvalue weighted by atomic mass is 10.0. The van der Waals surface area contributed by atoms with E-state index in [-0.39, 0.29) is 5.30 Å². The summed E-state index contributed by atoms with van der Waals surface area (Å²) in [5.41, 5.74) is 3.49. The standard InChI is InChI=1S/C25H25O3P/c1-16-14-19(4)23(20(5)15-16)25(27)29(28,21-12-7-6-8-13-21)24(26)22-17(2)10-9-11-18(22)3/h6-15H,1-5H3. The Labute approximate surface area is 172 Å². The summed E-state index contributed by atoms with van der Waals surface area (Å²) in [7, 11) is -4.10. The fourth-order valence-corrected chi connectivity index (χ4v) is 6.53. The van der Waals surface area contributed by atoms with Crippen LogP contribution in [0.3, 0.4) is 0 Å². The van der Waals surface area contributed by atoms with Crippen LogP contribution in [0.1, 0.15) is 48.5 Å². The zero-order valence-corrected chi connectivity index (χ0v) is 18.3. The summed E-state index contributed by atoms with van der Waals surface area (Å²) in [6, 6.07) is 17.7. The molecule has 1 unspecified atom stereocenters. The third-order valence-electron chi connectivity index (χ3n) is 5.28. The van der Waals surface area contributed by atoms with Crippen LogP contribution >= 0.6 is 7.14 Å². The average Bonchev–Trinajstić information content (AvgIpc) is 2.66. The molecule has 3 nitrogen and oxygen atoms in total. The summed E-state index contributed by atoms with van der Waals surface area (Å²) in [6.07, 6.45) is 0. The molecule has 3 aromatic rings. The van der Waals surface area contributed by atoms with Crippen molar-refractivity contribution < 1.29 is 14.2 Å². The molecule has 0 radical (unpaired) electrons. The minimum Gasteiger partial charge on any atom is -0.302 e. The van der Waals surface area contributed by atoms with E-state index in [0.29, 0.717) is 11.1 Å². The Balaban J connectivity index is 2.31. The largest absolute Gasteiger partial charge is 0.302 e. The third-order valence-corrected chi connectivity index (χ3v) is 7.89. The molecule has 0 aliphatic carbocycles. The Morgan fingerprint density at radius 1 is 0.621 bits per heavy atom. The van der Waals surface area contributed by atoms with Crippen molar-refractivity contribution in [3.8, 4) is 0 Å². The minimum atomic E-state index is -4.10. The first kappa shape index (κ1) is 21.0. The van der Waals surface area contributed by atoms with Crippen molar-refractivity contribution in [3.05, 3.63) is 99.6 Å². The molecule has 0 aromatic heterocycles. The highest BCUT2D eigenvalue weighted by Crippen LogP contribution is 2.52. The highest BCUT2D eigenvalue weighted by atomic mass is 31.2. The number of hydrogen-bond donors (Lipinski definition) is 0. The highest BCUT2D eigenvalue weighted by molar-refractivity contribution is 8.01. The second-order valence-corrected chi connectivity index (χ2v) is 10.1. The second-order valence-electron chi connectivity index (χ2n) is 7.60. The van der Waals surface area contributed by atoms with Gasteiger partial charge >= 0.3 is 0 Å². The lowest BCUT2D eigenvalue weighted by molar-refractivity contribution is 0.104. The van der Waals surface area contributed by atoms with E-state index in [1.807, 2.05) is 65.0 Å². The lowest BCUT2D eigenvalue weighted by Gasteiger charge is -2.21. The number of rotatable bonds is 5. The van der Waals surface area contributed by atoms with Crippen LogP contribution < -0.4 is 5.30 Å². The van der Waals surface area contributed by atoms with Gasteiger partial charge in [0.25, 0.3) is 0 Å². The van der Waals surface area contributed by atoms with Crippen LogP contribution in [0, 0.1) is 34.6 Å². The first-order chi connectivity index (χ1) is 13.7. The van der Waals surface area contributed by atoms with E-state index in [0.717, 1.165) is 27.8 Å². The molecule has 3 rings (SSSR count). The molecule has 3 aromatic carbocycles. The maximum absolute atomic E-state index is 14.4. The quantitative estimate of drug-likeness (QED) is 0.498. The molecule has 0 N–H and O–H groups in total. The van der Waals surface area contributed by atoms with Crippen LogP contribution in [0.2, 0.25) is 0 Å². The molecular formula is C25H25O3P. The van der Waals surface area contributed by atoms with Gasteiger partial charge in [0.15, 0.2) is 0 Å². The van der Waals surface area contributed by atoms with Crippen molar-refractivity contribution in [3.63, 3.8) is 0 Å². The van der Waals surface area contributed by atoms with Gasteiger partial charge in [-0.1, -0.05) is 66.2 Å². The van der Waals surface area contributed by atoms with Crippen LogP contribution in [-0.2, 0) is 4.57 Å². The van der Waals surface area contributed by atoms with E-state index in [9.17, 15) is 14.2 Å². The molecular weight excluding hydrogens is 379 g/mol. The molecule has 0 aliphatic rings. The molecule has 0 fully saturated rings. The summed E-state index contributed by atoms with van der Waals surface area (Å²) in [5.74, 6) is 0. The Kier molecular flexibility index (Phi) is 5.73. The lowest BCUT2D eigenvalue weighted by Crippen LogP contribution is -2.22. The van der Waals surface area contributed by atoms with E-state index in [1.165, 1.54) is 0 Å². The fourth-order valence-electron chi connectivity index (χ4n) is 3.95. The van der Waals surface area contributed by atoms with Crippen molar-refractivity contribution >= 4 is 23.5 Å². The fraction of sp³-hybridized carbons (Fsp3) is 0.200. The van der Waals surface area contributed by atoms with Gasteiger partial charge in [-0.15, -0.1) is 0 Å². The van der Waals surface area contributed by atoms with Gasteiger partial charge in [0.1, 0.15) is 0 Å². The van der Waals surface area contributed by atoms with Gasteiger partial charge in [0.05, 0.1) is 0 Å². The van der Waals surface area contributed by atoms with Gasteiger partial charge in [-0.25, -0.2) is 0 Å². The molecule has 0 heterocycles. The summed E-state index contributed by atoms with van der Waals surface area (Å²) in [5, 5.41) is 0.275. The maximum atomic E-state index is 14.4. The van der Waals surface area contributed by atoms with Gasteiger partial charge < -0.3 is 4.57 Å². The predicted molar refractivity (Wildman–Crippen MR) is 119 cm³/mol. The van der Waals surface area contributed by atoms with E-state index < -0.39 is 18.2 Å². The topological polar surface area (TPSA) is 51.2 Å². The first-order valence-electron chi connectivity index (χ1n) is 9.57. The summed E-state index contributed by atoms with van der Waals surface area (Å²) in [6.45, 7) is 9.22. The summed E-state index contributed by atoms with van der Waals surface area (Å²) >= 11 is 0. The Morgan fingerprint density at radius 2 is 1.07 bits per heavy atom. The molecule has 0 saturated carbocycles. The number of benzene rings is 3. The number of hydrogen-bond acceptors (Lipinski definition) is 3. The van der Waals surface area contributed by atoms with Crippen molar-refractivity contribution in [2.24, 2.45) is 0 Å². The van der Waals surface area contributed by atoms with Crippen molar-refractivity contribution in [2.75, 3.05) is 0 Å². The number of carbonyl (C=O) groups is 2. The van der Waals surface area contributed by atoms with Gasteiger partial charge in [-0.05, 0) is 56.9 Å². The first-order valence-corrected chi connectivity index (χ1v) is 11.3. The molecule has 0 bridgehead atoms. The molecule has 0 amide bonds. The second kappa shape index (κ2) is 7.93. The zero-order valence-electron chi connectivity index (χ0n) is 17.4. The van der Waals surface area contributed by atoms with E-state index >= 15 is 0 Å². The van der Waals surface area contributed by atoms with Crippen LogP contribution in [0.5, 0.6) is 0 Å². The van der Waals surface area contributed by atoms with Crippen molar-refractivity contribution in [1.29, 1.82) is 0 Å². The van der Waals surface area contributed by atoms with Gasteiger partial charge in [0.2, 0.25) is 18.2 Å². The Hall–Kier alpha value is -2.77. The van der Waals surface area contributed by atoms with Crippen LogP contribution in [-0.4, -0.2) is 11.0 Å². The van der Waals surface area contributed by atoms with Gasteiger partial charge in [-0.2, -0.15) is 0 Å². The molecule has 29 heavy (non-hydrogen) atoms. The van der Waals surface area contributed by atoms with Crippen molar-refractivity contribution in [2.45, 2.75) is 34.6 Å². The van der Waals surface area contributed by atoms with Crippen LogP contribution in [0.4, 0.5) is 0 Å². The number of carbonyl (C=O) groups excluding carboxylic acids is 2. The summed E-state index contributed by atoms with van der Waals surface area (Å²) in [4.78, 5) is 27.5. The Morgan fingerprint density at radius 3 is 1.55 bits per heavy atom. The molecule has 0 aliphatic heterocycles. The maximum Gasteiger partial charge on any atom is 0.248 e. The van der Waals surface area contributed by atoms with Gasteiger partial charge in [0, 0.05) is 16.4 Å². The molecule has 4 heteroatoms. The molecule has 148 valence electrons. The normalized spacial score (nSPS) is 13.0.